The van der Waals surface area contributed by atoms with Crippen molar-refractivity contribution >= 4 is 39.3 Å². The Kier molecular flexibility index (Phi) is 7.06. The van der Waals surface area contributed by atoms with Gasteiger partial charge in [-0.05, 0) is 44.8 Å². The topological polar surface area (TPSA) is 95.5 Å². The quantitative estimate of drug-likeness (QED) is 0.338. The van der Waals surface area contributed by atoms with Gasteiger partial charge in [0.1, 0.15) is 17.9 Å². The Hall–Kier alpha value is -4.26. The molecular formula is C28H25FN2O4. The number of nitrogens with one attached hydrogen (secondary N) is 2. The van der Waals surface area contributed by atoms with E-state index in [1.807, 2.05) is 54.6 Å². The highest BCUT2D eigenvalue weighted by Crippen LogP contribution is 2.29. The maximum atomic E-state index is 14.2. The van der Waals surface area contributed by atoms with Crippen LogP contribution in [-0.4, -0.2) is 35.0 Å². The lowest BCUT2D eigenvalue weighted by Crippen LogP contribution is -2.52. The van der Waals surface area contributed by atoms with E-state index in [2.05, 4.69) is 10.6 Å². The number of carboxylic acid groups (broad SMARTS) is 1. The molecule has 6 nitrogen and oxygen atoms in total. The molecule has 4 rings (SSSR count). The fraction of sp³-hybridized carbons (Fsp3) is 0.179. The van der Waals surface area contributed by atoms with Crippen molar-refractivity contribution in [3.63, 3.8) is 0 Å². The van der Waals surface area contributed by atoms with E-state index < -0.39 is 35.7 Å². The highest BCUT2D eigenvalue weighted by atomic mass is 19.1. The summed E-state index contributed by atoms with van der Waals surface area (Å²) in [7, 11) is 0. The molecule has 0 fully saturated rings. The standard InChI is InChI=1S/C28H25FN2O4/c1-17(32)30-25(15-20-10-4-7-13-24(20)29)27(33)31-26(28(34)35)16-23-21-11-5-2-8-18(21)14-19-9-3-6-12-22(19)23/h2-14,25-26H,15-16H2,1H3,(H,30,32)(H,31,33)(H,34,35)/t25-,26+/m1/s1. The summed E-state index contributed by atoms with van der Waals surface area (Å²) in [5.74, 6) is -2.88. The number of carbonyl (C=O) groups is 3. The van der Waals surface area contributed by atoms with Crippen LogP contribution in [0.1, 0.15) is 18.1 Å². The molecule has 0 radical (unpaired) electrons. The molecule has 35 heavy (non-hydrogen) atoms. The van der Waals surface area contributed by atoms with E-state index in [0.717, 1.165) is 27.1 Å². The van der Waals surface area contributed by atoms with Gasteiger partial charge in [0, 0.05) is 19.8 Å². The fourth-order valence-electron chi connectivity index (χ4n) is 4.34. The first-order chi connectivity index (χ1) is 16.8. The monoisotopic (exact) mass is 472 g/mol. The molecule has 0 spiro atoms. The van der Waals surface area contributed by atoms with Gasteiger partial charge in [0.2, 0.25) is 11.8 Å². The Labute approximate surface area is 201 Å². The van der Waals surface area contributed by atoms with Gasteiger partial charge < -0.3 is 15.7 Å². The SMILES string of the molecule is CC(=O)N[C@H](Cc1ccccc1F)C(=O)N[C@@H](Cc1c2ccccc2cc2ccccc12)C(=O)O. The number of aliphatic carboxylic acids is 1. The first-order valence-corrected chi connectivity index (χ1v) is 11.3. The predicted molar refractivity (Wildman–Crippen MR) is 132 cm³/mol. The zero-order valence-electron chi connectivity index (χ0n) is 19.1. The zero-order chi connectivity index (χ0) is 24.9. The fourth-order valence-corrected chi connectivity index (χ4v) is 4.34. The van der Waals surface area contributed by atoms with Gasteiger partial charge in [-0.25, -0.2) is 9.18 Å². The lowest BCUT2D eigenvalue weighted by atomic mass is 9.92. The Bertz CT molecular complexity index is 1360. The van der Waals surface area contributed by atoms with Crippen molar-refractivity contribution in [2.45, 2.75) is 31.8 Å². The largest absolute Gasteiger partial charge is 0.480 e. The van der Waals surface area contributed by atoms with Gasteiger partial charge in [0.25, 0.3) is 0 Å². The van der Waals surface area contributed by atoms with Crippen LogP contribution in [0.25, 0.3) is 21.5 Å². The number of carbonyl (C=O) groups excluding carboxylic acids is 2. The second-order valence-corrected chi connectivity index (χ2v) is 8.45. The van der Waals surface area contributed by atoms with E-state index >= 15 is 0 Å². The summed E-state index contributed by atoms with van der Waals surface area (Å²) in [6.07, 6.45) is -0.0724. The first-order valence-electron chi connectivity index (χ1n) is 11.3. The molecule has 0 aliphatic carbocycles. The van der Waals surface area contributed by atoms with E-state index in [9.17, 15) is 23.9 Å². The normalized spacial score (nSPS) is 12.7. The third kappa shape index (κ3) is 5.46. The molecule has 4 aromatic rings. The van der Waals surface area contributed by atoms with Crippen molar-refractivity contribution in [1.29, 1.82) is 0 Å². The minimum Gasteiger partial charge on any atom is -0.480 e. The number of hydrogen-bond acceptors (Lipinski definition) is 3. The average molecular weight is 473 g/mol. The van der Waals surface area contributed by atoms with Crippen LogP contribution in [0.4, 0.5) is 4.39 Å². The summed E-state index contributed by atoms with van der Waals surface area (Å²) in [6, 6.07) is 21.0. The highest BCUT2D eigenvalue weighted by Gasteiger charge is 2.28. The molecule has 178 valence electrons. The summed E-state index contributed by atoms with van der Waals surface area (Å²) < 4.78 is 14.2. The number of amides is 2. The Morgan fingerprint density at radius 2 is 1.37 bits per heavy atom. The minimum atomic E-state index is -1.26. The number of fused-ring (bicyclic) bond motifs is 2. The summed E-state index contributed by atoms with van der Waals surface area (Å²) in [4.78, 5) is 37.1. The van der Waals surface area contributed by atoms with Gasteiger partial charge >= 0.3 is 5.97 Å². The molecule has 0 heterocycles. The van der Waals surface area contributed by atoms with Crippen molar-refractivity contribution in [2.75, 3.05) is 0 Å². The van der Waals surface area contributed by atoms with Crippen molar-refractivity contribution in [1.82, 2.24) is 10.6 Å². The molecule has 2 amide bonds. The second kappa shape index (κ2) is 10.3. The molecule has 0 aliphatic heterocycles. The van der Waals surface area contributed by atoms with Crippen LogP contribution < -0.4 is 10.6 Å². The van der Waals surface area contributed by atoms with E-state index in [-0.39, 0.29) is 18.4 Å². The maximum absolute atomic E-state index is 14.2. The number of benzene rings is 4. The molecule has 0 unspecified atom stereocenters. The summed E-state index contributed by atoms with van der Waals surface area (Å²) in [5.41, 5.74) is 1.05. The first kappa shape index (κ1) is 23.9. The average Bonchev–Trinajstić information content (AvgIpc) is 2.83. The summed E-state index contributed by atoms with van der Waals surface area (Å²) in [6.45, 7) is 1.25. The number of hydrogen-bond donors (Lipinski definition) is 3. The van der Waals surface area contributed by atoms with Crippen LogP contribution in [0.2, 0.25) is 0 Å². The molecule has 0 bridgehead atoms. The Morgan fingerprint density at radius 3 is 1.94 bits per heavy atom. The molecule has 2 atom stereocenters. The molecular weight excluding hydrogens is 447 g/mol. The lowest BCUT2D eigenvalue weighted by Gasteiger charge is -2.22. The van der Waals surface area contributed by atoms with E-state index in [4.69, 9.17) is 0 Å². The van der Waals surface area contributed by atoms with Gasteiger partial charge in [-0.15, -0.1) is 0 Å². The number of halogens is 1. The third-order valence-electron chi connectivity index (χ3n) is 5.98. The van der Waals surface area contributed by atoms with Gasteiger partial charge in [-0.2, -0.15) is 0 Å². The van der Waals surface area contributed by atoms with Crippen LogP contribution >= 0.6 is 0 Å². The zero-order valence-corrected chi connectivity index (χ0v) is 19.1. The van der Waals surface area contributed by atoms with Crippen LogP contribution in [0.5, 0.6) is 0 Å². The Balaban J connectivity index is 1.65. The predicted octanol–water partition coefficient (Wildman–Crippen LogP) is 3.99. The summed E-state index contributed by atoms with van der Waals surface area (Å²) in [5, 5.41) is 18.8. The van der Waals surface area contributed by atoms with Gasteiger partial charge in [-0.1, -0.05) is 66.7 Å². The van der Waals surface area contributed by atoms with Crippen molar-refractivity contribution < 1.29 is 23.9 Å². The summed E-state index contributed by atoms with van der Waals surface area (Å²) >= 11 is 0. The van der Waals surface area contributed by atoms with Crippen molar-refractivity contribution in [3.05, 3.63) is 95.8 Å². The molecule has 3 N–H and O–H groups in total. The van der Waals surface area contributed by atoms with Crippen LogP contribution in [0.3, 0.4) is 0 Å². The van der Waals surface area contributed by atoms with Crippen LogP contribution in [0, 0.1) is 5.82 Å². The molecule has 0 aliphatic rings. The Morgan fingerprint density at radius 1 is 0.800 bits per heavy atom. The van der Waals surface area contributed by atoms with Gasteiger partial charge in [0.15, 0.2) is 0 Å². The van der Waals surface area contributed by atoms with E-state index in [1.165, 1.54) is 25.1 Å². The molecule has 0 saturated carbocycles. The van der Waals surface area contributed by atoms with Gasteiger partial charge in [-0.3, -0.25) is 9.59 Å². The molecule has 0 aromatic heterocycles. The minimum absolute atomic E-state index is 0.0371. The number of carboxylic acids is 1. The van der Waals surface area contributed by atoms with Crippen LogP contribution in [0.15, 0.2) is 78.9 Å². The smallest absolute Gasteiger partial charge is 0.326 e. The number of rotatable bonds is 8. The second-order valence-electron chi connectivity index (χ2n) is 8.45. The molecule has 4 aromatic carbocycles. The van der Waals surface area contributed by atoms with Crippen molar-refractivity contribution in [3.8, 4) is 0 Å². The maximum Gasteiger partial charge on any atom is 0.326 e. The molecule has 0 saturated heterocycles. The van der Waals surface area contributed by atoms with Crippen LogP contribution in [-0.2, 0) is 27.2 Å². The van der Waals surface area contributed by atoms with Gasteiger partial charge in [0.05, 0.1) is 0 Å². The third-order valence-corrected chi connectivity index (χ3v) is 5.98. The lowest BCUT2D eigenvalue weighted by molar-refractivity contribution is -0.142. The molecule has 7 heteroatoms. The van der Waals surface area contributed by atoms with Crippen molar-refractivity contribution in [2.24, 2.45) is 0 Å². The highest BCUT2D eigenvalue weighted by molar-refractivity contribution is 6.03. The van der Waals surface area contributed by atoms with E-state index in [0.29, 0.717) is 0 Å². The van der Waals surface area contributed by atoms with E-state index in [1.54, 1.807) is 6.07 Å².